The van der Waals surface area contributed by atoms with E-state index in [4.69, 9.17) is 14.2 Å². The summed E-state index contributed by atoms with van der Waals surface area (Å²) in [5.74, 6) is 1.42. The van der Waals surface area contributed by atoms with E-state index in [0.717, 1.165) is 18.4 Å². The summed E-state index contributed by atoms with van der Waals surface area (Å²) in [7, 11) is 4.60. The molecule has 0 spiro atoms. The van der Waals surface area contributed by atoms with Gasteiger partial charge < -0.3 is 24.4 Å². The van der Waals surface area contributed by atoms with E-state index in [1.54, 1.807) is 35.2 Å². The molecule has 1 heterocycles. The Morgan fingerprint density at radius 3 is 2.06 bits per heavy atom. The molecule has 2 aromatic rings. The van der Waals surface area contributed by atoms with Crippen LogP contribution in [0.5, 0.6) is 17.2 Å². The predicted molar refractivity (Wildman–Crippen MR) is 128 cm³/mol. The third kappa shape index (κ3) is 5.86. The van der Waals surface area contributed by atoms with Crippen molar-refractivity contribution >= 4 is 17.9 Å². The number of ether oxygens (including phenoxy) is 3. The first-order chi connectivity index (χ1) is 15.9. The first-order valence-electron chi connectivity index (χ1n) is 11.0. The topological polar surface area (TPSA) is 77.1 Å². The minimum absolute atomic E-state index is 0.199. The molecule has 0 aliphatic carbocycles. The Morgan fingerprint density at radius 1 is 0.970 bits per heavy atom. The first kappa shape index (κ1) is 24.2. The average molecular weight is 453 g/mol. The van der Waals surface area contributed by atoms with E-state index in [0.29, 0.717) is 47.4 Å². The van der Waals surface area contributed by atoms with E-state index in [-0.39, 0.29) is 17.5 Å². The van der Waals surface area contributed by atoms with Crippen LogP contribution in [0.3, 0.4) is 0 Å². The van der Waals surface area contributed by atoms with Crippen molar-refractivity contribution in [3.8, 4) is 17.2 Å². The van der Waals surface area contributed by atoms with Crippen molar-refractivity contribution in [1.29, 1.82) is 0 Å². The highest BCUT2D eigenvalue weighted by Gasteiger charge is 2.25. The van der Waals surface area contributed by atoms with Gasteiger partial charge in [-0.3, -0.25) is 9.59 Å². The molecule has 1 aliphatic heterocycles. The zero-order chi connectivity index (χ0) is 24.0. The van der Waals surface area contributed by atoms with Gasteiger partial charge >= 0.3 is 0 Å². The summed E-state index contributed by atoms with van der Waals surface area (Å²) < 4.78 is 16.3. The van der Waals surface area contributed by atoms with Crippen LogP contribution >= 0.6 is 0 Å². The van der Waals surface area contributed by atoms with E-state index >= 15 is 0 Å². The van der Waals surface area contributed by atoms with Gasteiger partial charge in [0.2, 0.25) is 5.75 Å². The van der Waals surface area contributed by atoms with E-state index < -0.39 is 0 Å². The quantitative estimate of drug-likeness (QED) is 0.642. The van der Waals surface area contributed by atoms with Crippen LogP contribution in [0.1, 0.15) is 41.3 Å². The second-order valence-corrected chi connectivity index (χ2v) is 8.31. The van der Waals surface area contributed by atoms with Gasteiger partial charge in [-0.25, -0.2) is 0 Å². The highest BCUT2D eigenvalue weighted by Crippen LogP contribution is 2.38. The van der Waals surface area contributed by atoms with Crippen molar-refractivity contribution in [1.82, 2.24) is 10.2 Å². The number of aryl methyl sites for hydroxylation is 1. The molecule has 0 saturated carbocycles. The van der Waals surface area contributed by atoms with E-state index in [1.165, 1.54) is 21.3 Å². The molecule has 0 bridgehead atoms. The fourth-order valence-corrected chi connectivity index (χ4v) is 3.78. The van der Waals surface area contributed by atoms with Gasteiger partial charge in [0.05, 0.1) is 21.3 Å². The molecule has 0 radical (unpaired) electrons. The number of carbonyl (C=O) groups excluding carboxylic acids is 2. The van der Waals surface area contributed by atoms with Gasteiger partial charge in [0.15, 0.2) is 11.5 Å². The zero-order valence-corrected chi connectivity index (χ0v) is 19.9. The highest BCUT2D eigenvalue weighted by atomic mass is 16.5. The Bertz CT molecular complexity index is 996. The molecule has 1 aliphatic rings. The van der Waals surface area contributed by atoms with Crippen molar-refractivity contribution in [3.05, 3.63) is 58.8 Å². The van der Waals surface area contributed by atoms with Gasteiger partial charge in [-0.2, -0.15) is 0 Å². The minimum Gasteiger partial charge on any atom is -0.493 e. The Morgan fingerprint density at radius 2 is 1.55 bits per heavy atom. The number of piperidine rings is 1. The summed E-state index contributed by atoms with van der Waals surface area (Å²) in [5.41, 5.74) is 2.38. The number of benzene rings is 2. The van der Waals surface area contributed by atoms with Crippen LogP contribution in [0.15, 0.2) is 42.1 Å². The molecular formula is C26H32N2O5. The monoisotopic (exact) mass is 452 g/mol. The lowest BCUT2D eigenvalue weighted by Crippen LogP contribution is -2.42. The molecule has 2 amide bonds. The molecule has 3 rings (SSSR count). The maximum absolute atomic E-state index is 13.4. The molecule has 1 N–H and O–H groups in total. The molecule has 1 fully saturated rings. The van der Waals surface area contributed by atoms with Gasteiger partial charge in [0.25, 0.3) is 11.8 Å². The fraction of sp³-hybridized carbons (Fsp3) is 0.385. The van der Waals surface area contributed by atoms with Crippen LogP contribution in [0.25, 0.3) is 6.08 Å². The fourth-order valence-electron chi connectivity index (χ4n) is 3.78. The minimum atomic E-state index is -0.340. The van der Waals surface area contributed by atoms with Crippen molar-refractivity contribution in [2.75, 3.05) is 34.4 Å². The third-order valence-corrected chi connectivity index (χ3v) is 5.86. The molecular weight excluding hydrogens is 420 g/mol. The zero-order valence-electron chi connectivity index (χ0n) is 19.9. The Hall–Kier alpha value is -3.48. The van der Waals surface area contributed by atoms with Crippen molar-refractivity contribution in [2.24, 2.45) is 5.92 Å². The van der Waals surface area contributed by atoms with E-state index in [9.17, 15) is 9.59 Å². The van der Waals surface area contributed by atoms with Crippen LogP contribution in [0.4, 0.5) is 0 Å². The summed E-state index contributed by atoms with van der Waals surface area (Å²) >= 11 is 0. The van der Waals surface area contributed by atoms with Gasteiger partial charge in [-0.05, 0) is 61.6 Å². The normalized spacial score (nSPS) is 14.6. The SMILES string of the molecule is COc1cc(C=C(NC(=O)c2ccc(C)cc2)C(=O)N2CCC(C)CC2)cc(OC)c1OC. The molecule has 33 heavy (non-hydrogen) atoms. The van der Waals surface area contributed by atoms with Crippen molar-refractivity contribution in [2.45, 2.75) is 26.7 Å². The van der Waals surface area contributed by atoms with Gasteiger partial charge in [0.1, 0.15) is 5.70 Å². The summed E-state index contributed by atoms with van der Waals surface area (Å²) in [6, 6.07) is 10.7. The predicted octanol–water partition coefficient (Wildman–Crippen LogP) is 4.05. The molecule has 176 valence electrons. The molecule has 0 atom stereocenters. The van der Waals surface area contributed by atoms with Gasteiger partial charge in [0, 0.05) is 18.7 Å². The van der Waals surface area contributed by atoms with Crippen molar-refractivity contribution in [3.63, 3.8) is 0 Å². The summed E-state index contributed by atoms with van der Waals surface area (Å²) in [6.07, 6.45) is 3.53. The van der Waals surface area contributed by atoms with Crippen LogP contribution in [0.2, 0.25) is 0 Å². The van der Waals surface area contributed by atoms with Crippen molar-refractivity contribution < 1.29 is 23.8 Å². The number of nitrogens with zero attached hydrogens (tertiary/aromatic N) is 1. The third-order valence-electron chi connectivity index (χ3n) is 5.86. The molecule has 7 heteroatoms. The number of hydrogen-bond donors (Lipinski definition) is 1. The van der Waals surface area contributed by atoms with Crippen LogP contribution < -0.4 is 19.5 Å². The smallest absolute Gasteiger partial charge is 0.270 e. The van der Waals surface area contributed by atoms with E-state index in [1.807, 2.05) is 19.1 Å². The Labute approximate surface area is 195 Å². The number of rotatable bonds is 7. The second kappa shape index (κ2) is 10.9. The number of methoxy groups -OCH3 is 3. The number of likely N-dealkylation sites (tertiary alicyclic amines) is 1. The van der Waals surface area contributed by atoms with Crippen LogP contribution in [0, 0.1) is 12.8 Å². The number of hydrogen-bond acceptors (Lipinski definition) is 5. The largest absolute Gasteiger partial charge is 0.493 e. The Kier molecular flexibility index (Phi) is 7.98. The molecule has 1 saturated heterocycles. The highest BCUT2D eigenvalue weighted by molar-refractivity contribution is 6.05. The summed E-state index contributed by atoms with van der Waals surface area (Å²) in [5, 5.41) is 2.83. The average Bonchev–Trinajstić information content (AvgIpc) is 2.83. The summed E-state index contributed by atoms with van der Waals surface area (Å²) in [6.45, 7) is 5.46. The number of carbonyl (C=O) groups is 2. The van der Waals surface area contributed by atoms with E-state index in [2.05, 4.69) is 12.2 Å². The number of nitrogens with one attached hydrogen (secondary N) is 1. The first-order valence-corrected chi connectivity index (χ1v) is 11.0. The van der Waals surface area contributed by atoms with Crippen LogP contribution in [-0.2, 0) is 4.79 Å². The van der Waals surface area contributed by atoms with Gasteiger partial charge in [-0.15, -0.1) is 0 Å². The standard InChI is InChI=1S/C26H32N2O5/c1-17-6-8-20(9-7-17)25(29)27-21(26(30)28-12-10-18(2)11-13-28)14-19-15-22(31-3)24(33-5)23(16-19)32-4/h6-9,14-16,18H,10-13H2,1-5H3,(H,27,29). The second-order valence-electron chi connectivity index (χ2n) is 8.31. The summed E-state index contributed by atoms with van der Waals surface area (Å²) in [4.78, 5) is 28.2. The molecule has 7 nitrogen and oxygen atoms in total. The maximum atomic E-state index is 13.4. The lowest BCUT2D eigenvalue weighted by atomic mass is 9.99. The lowest BCUT2D eigenvalue weighted by Gasteiger charge is -2.31. The maximum Gasteiger partial charge on any atom is 0.270 e. The number of amides is 2. The molecule has 0 aromatic heterocycles. The molecule has 2 aromatic carbocycles. The Balaban J connectivity index is 1.98. The van der Waals surface area contributed by atoms with Gasteiger partial charge in [-0.1, -0.05) is 24.6 Å². The lowest BCUT2D eigenvalue weighted by molar-refractivity contribution is -0.128. The van der Waals surface area contributed by atoms with Crippen LogP contribution in [-0.4, -0.2) is 51.1 Å². The molecule has 0 unspecified atom stereocenters.